The van der Waals surface area contributed by atoms with Crippen LogP contribution >= 0.6 is 27.7 Å². The molecule has 0 unspecified atom stereocenters. The van der Waals surface area contributed by atoms with Crippen molar-refractivity contribution >= 4 is 50.4 Å². The first-order valence-corrected chi connectivity index (χ1v) is 8.85. The third-order valence-electron chi connectivity index (χ3n) is 3.27. The van der Waals surface area contributed by atoms with Crippen molar-refractivity contribution in [2.45, 2.75) is 18.7 Å². The summed E-state index contributed by atoms with van der Waals surface area (Å²) in [5.74, 6) is 0.930. The molecule has 1 N–H and O–H groups in total. The lowest BCUT2D eigenvalue weighted by molar-refractivity contribution is -0.113. The maximum Gasteiger partial charge on any atom is 0.234 e. The lowest BCUT2D eigenvalue weighted by atomic mass is 10.2. The highest BCUT2D eigenvalue weighted by Crippen LogP contribution is 2.26. The van der Waals surface area contributed by atoms with Crippen LogP contribution in [0.2, 0.25) is 0 Å². The van der Waals surface area contributed by atoms with E-state index in [4.69, 9.17) is 4.42 Å². The van der Waals surface area contributed by atoms with Gasteiger partial charge in [0.2, 0.25) is 5.91 Å². The van der Waals surface area contributed by atoms with E-state index in [9.17, 15) is 4.79 Å². The first-order chi connectivity index (χ1) is 11.0. The Hall–Kier alpha value is -1.79. The molecule has 0 fully saturated rings. The number of carbonyl (C=O) groups excluding carboxylic acids is 1. The molecule has 3 rings (SSSR count). The fourth-order valence-electron chi connectivity index (χ4n) is 2.24. The Balaban J connectivity index is 1.63. The highest BCUT2D eigenvalue weighted by molar-refractivity contribution is 9.10. The van der Waals surface area contributed by atoms with E-state index < -0.39 is 0 Å². The lowest BCUT2D eigenvalue weighted by Gasteiger charge is -2.07. The third kappa shape index (κ3) is 3.95. The number of rotatable bonds is 4. The predicted molar refractivity (Wildman–Crippen MR) is 97.0 cm³/mol. The van der Waals surface area contributed by atoms with Crippen molar-refractivity contribution in [3.05, 3.63) is 52.3 Å². The quantitative estimate of drug-likeness (QED) is 0.641. The fourth-order valence-corrected chi connectivity index (χ4v) is 3.52. The van der Waals surface area contributed by atoms with Crippen LogP contribution in [0.1, 0.15) is 11.5 Å². The number of aryl methyl sites for hydroxylation is 2. The van der Waals surface area contributed by atoms with Gasteiger partial charge in [-0.25, -0.2) is 4.98 Å². The third-order valence-corrected chi connectivity index (χ3v) is 4.94. The van der Waals surface area contributed by atoms with Crippen molar-refractivity contribution in [3.8, 4) is 0 Å². The molecule has 0 saturated carbocycles. The van der Waals surface area contributed by atoms with Gasteiger partial charge in [-0.3, -0.25) is 4.79 Å². The summed E-state index contributed by atoms with van der Waals surface area (Å²) in [6.45, 7) is 3.83. The maximum atomic E-state index is 12.1. The number of anilines is 1. The highest BCUT2D eigenvalue weighted by Gasteiger charge is 2.08. The van der Waals surface area contributed by atoms with E-state index in [2.05, 4.69) is 26.2 Å². The number of amides is 1. The minimum atomic E-state index is -0.0446. The standard InChI is InChI=1S/C17H15BrN2O2S/c1-10-7-12(18)3-6-16(10)23-9-17(21)20-13-4-5-15-14(8-13)19-11(2)22-15/h3-8H,9H2,1-2H3,(H,20,21). The van der Waals surface area contributed by atoms with E-state index in [1.807, 2.05) is 43.3 Å². The average Bonchev–Trinajstić information content (AvgIpc) is 2.85. The van der Waals surface area contributed by atoms with Crippen LogP contribution in [0.25, 0.3) is 11.1 Å². The van der Waals surface area contributed by atoms with Gasteiger partial charge in [0.25, 0.3) is 0 Å². The van der Waals surface area contributed by atoms with Gasteiger partial charge in [0, 0.05) is 22.0 Å². The predicted octanol–water partition coefficient (Wildman–Crippen LogP) is 4.94. The molecule has 0 spiro atoms. The van der Waals surface area contributed by atoms with Gasteiger partial charge in [-0.1, -0.05) is 15.9 Å². The van der Waals surface area contributed by atoms with Gasteiger partial charge >= 0.3 is 0 Å². The van der Waals surface area contributed by atoms with Crippen molar-refractivity contribution in [3.63, 3.8) is 0 Å². The topological polar surface area (TPSA) is 55.1 Å². The van der Waals surface area contributed by atoms with Crippen LogP contribution in [0.4, 0.5) is 5.69 Å². The smallest absolute Gasteiger partial charge is 0.234 e. The molecule has 2 aromatic carbocycles. The van der Waals surface area contributed by atoms with Crippen molar-refractivity contribution in [1.29, 1.82) is 0 Å². The molecule has 0 atom stereocenters. The molecular weight excluding hydrogens is 376 g/mol. The number of aromatic nitrogens is 1. The molecule has 0 aliphatic carbocycles. The number of carbonyl (C=O) groups is 1. The number of halogens is 1. The molecule has 0 aliphatic rings. The number of hydrogen-bond acceptors (Lipinski definition) is 4. The fraction of sp³-hybridized carbons (Fsp3) is 0.176. The molecule has 0 saturated heterocycles. The summed E-state index contributed by atoms with van der Waals surface area (Å²) in [6.07, 6.45) is 0. The van der Waals surface area contributed by atoms with Crippen LogP contribution < -0.4 is 5.32 Å². The van der Waals surface area contributed by atoms with Gasteiger partial charge in [0.15, 0.2) is 11.5 Å². The maximum absolute atomic E-state index is 12.1. The molecule has 0 bridgehead atoms. The Morgan fingerprint density at radius 2 is 2.09 bits per heavy atom. The Kier molecular flexibility index (Phi) is 4.73. The van der Waals surface area contributed by atoms with Crippen molar-refractivity contribution < 1.29 is 9.21 Å². The summed E-state index contributed by atoms with van der Waals surface area (Å²) in [4.78, 5) is 17.5. The lowest BCUT2D eigenvalue weighted by Crippen LogP contribution is -2.13. The van der Waals surface area contributed by atoms with Crippen LogP contribution in [0, 0.1) is 13.8 Å². The number of benzene rings is 2. The molecule has 23 heavy (non-hydrogen) atoms. The second-order valence-corrected chi connectivity index (χ2v) is 7.09. The zero-order valence-electron chi connectivity index (χ0n) is 12.7. The number of oxazole rings is 1. The zero-order valence-corrected chi connectivity index (χ0v) is 15.1. The molecule has 0 radical (unpaired) electrons. The molecule has 0 aliphatic heterocycles. The highest BCUT2D eigenvalue weighted by atomic mass is 79.9. The van der Waals surface area contributed by atoms with Crippen molar-refractivity contribution in [2.75, 3.05) is 11.1 Å². The molecule has 3 aromatic rings. The van der Waals surface area contributed by atoms with Gasteiger partial charge < -0.3 is 9.73 Å². The molecule has 1 amide bonds. The minimum Gasteiger partial charge on any atom is -0.441 e. The average molecular weight is 391 g/mol. The van der Waals surface area contributed by atoms with Gasteiger partial charge in [-0.05, 0) is 48.9 Å². The van der Waals surface area contributed by atoms with Crippen LogP contribution in [0.3, 0.4) is 0 Å². The number of fused-ring (bicyclic) bond motifs is 1. The largest absolute Gasteiger partial charge is 0.441 e. The Labute approximate surface area is 146 Å². The van der Waals surface area contributed by atoms with Crippen LogP contribution in [-0.4, -0.2) is 16.6 Å². The van der Waals surface area contributed by atoms with Gasteiger partial charge in [0.1, 0.15) is 5.52 Å². The molecule has 6 heteroatoms. The second kappa shape index (κ2) is 6.76. The molecule has 1 aromatic heterocycles. The molecule has 118 valence electrons. The summed E-state index contributed by atoms with van der Waals surface area (Å²) in [7, 11) is 0. The first-order valence-electron chi connectivity index (χ1n) is 7.07. The van der Waals surface area contributed by atoms with E-state index in [1.165, 1.54) is 11.8 Å². The summed E-state index contributed by atoms with van der Waals surface area (Å²) in [6, 6.07) is 11.5. The van der Waals surface area contributed by atoms with E-state index in [0.29, 0.717) is 11.6 Å². The van der Waals surface area contributed by atoms with E-state index in [1.54, 1.807) is 6.92 Å². The molecule has 4 nitrogen and oxygen atoms in total. The number of hydrogen-bond donors (Lipinski definition) is 1. The second-order valence-electron chi connectivity index (χ2n) is 5.16. The monoisotopic (exact) mass is 390 g/mol. The van der Waals surface area contributed by atoms with Gasteiger partial charge in [-0.15, -0.1) is 11.8 Å². The number of nitrogens with zero attached hydrogens (tertiary/aromatic N) is 1. The van der Waals surface area contributed by atoms with Crippen molar-refractivity contribution in [1.82, 2.24) is 4.98 Å². The van der Waals surface area contributed by atoms with Gasteiger partial charge in [-0.2, -0.15) is 0 Å². The summed E-state index contributed by atoms with van der Waals surface area (Å²) < 4.78 is 6.47. The Morgan fingerprint density at radius 3 is 2.87 bits per heavy atom. The first kappa shape index (κ1) is 16.1. The van der Waals surface area contributed by atoms with Crippen LogP contribution in [0.5, 0.6) is 0 Å². The summed E-state index contributed by atoms with van der Waals surface area (Å²) in [5.41, 5.74) is 3.35. The van der Waals surface area contributed by atoms with E-state index in [0.717, 1.165) is 31.7 Å². The van der Waals surface area contributed by atoms with Crippen LogP contribution in [0.15, 0.2) is 50.2 Å². The van der Waals surface area contributed by atoms with E-state index in [-0.39, 0.29) is 5.91 Å². The van der Waals surface area contributed by atoms with Crippen molar-refractivity contribution in [2.24, 2.45) is 0 Å². The SMILES string of the molecule is Cc1nc2cc(NC(=O)CSc3ccc(Br)cc3C)ccc2o1. The van der Waals surface area contributed by atoms with E-state index >= 15 is 0 Å². The molecular formula is C17H15BrN2O2S. The number of thioether (sulfide) groups is 1. The van der Waals surface area contributed by atoms with Gasteiger partial charge in [0.05, 0.1) is 5.75 Å². The summed E-state index contributed by atoms with van der Waals surface area (Å²) in [5, 5.41) is 2.89. The molecule has 1 heterocycles. The number of nitrogens with one attached hydrogen (secondary N) is 1. The summed E-state index contributed by atoms with van der Waals surface area (Å²) >= 11 is 4.96. The zero-order chi connectivity index (χ0) is 16.4. The minimum absolute atomic E-state index is 0.0446. The van der Waals surface area contributed by atoms with Crippen LogP contribution in [-0.2, 0) is 4.79 Å². The Bertz CT molecular complexity index is 876. The Morgan fingerprint density at radius 1 is 1.26 bits per heavy atom. The normalized spacial score (nSPS) is 10.9.